The zero-order valence-electron chi connectivity index (χ0n) is 14.5. The molecule has 0 aromatic heterocycles. The molecule has 4 rings (SSSR count). The number of hydrogen-bond acceptors (Lipinski definition) is 3. The van der Waals surface area contributed by atoms with E-state index in [0.717, 1.165) is 48.3 Å². The number of ether oxygens (including phenoxy) is 2. The summed E-state index contributed by atoms with van der Waals surface area (Å²) in [6.07, 6.45) is 12.8. The summed E-state index contributed by atoms with van der Waals surface area (Å²) in [4.78, 5) is 11.8. The van der Waals surface area contributed by atoms with E-state index in [-0.39, 0.29) is 0 Å². The van der Waals surface area contributed by atoms with Gasteiger partial charge in [-0.1, -0.05) is 0 Å². The number of carbonyl (C=O) groups is 1. The molecule has 0 aromatic rings. The molecule has 23 heavy (non-hydrogen) atoms. The fourth-order valence-corrected chi connectivity index (χ4v) is 6.75. The summed E-state index contributed by atoms with van der Waals surface area (Å²) in [6, 6.07) is 0. The van der Waals surface area contributed by atoms with Gasteiger partial charge in [0, 0.05) is 20.0 Å². The highest BCUT2D eigenvalue weighted by molar-refractivity contribution is 5.79. The fraction of sp³-hybridized carbons (Fsp3) is 0.950. The summed E-state index contributed by atoms with van der Waals surface area (Å²) in [5.74, 6) is 5.84. The van der Waals surface area contributed by atoms with Crippen molar-refractivity contribution in [3.8, 4) is 0 Å². The Balaban J connectivity index is 1.41. The molecule has 4 fully saturated rings. The molecule has 0 radical (unpaired) electrons. The highest BCUT2D eigenvalue weighted by Gasteiger charge is 2.49. The molecule has 4 aliphatic rings. The summed E-state index contributed by atoms with van der Waals surface area (Å²) >= 11 is 0. The molecule has 4 aliphatic carbocycles. The molecule has 0 unspecified atom stereocenters. The molecule has 0 N–H and O–H groups in total. The van der Waals surface area contributed by atoms with Gasteiger partial charge in [-0.15, -0.1) is 0 Å². The Hall–Kier alpha value is -0.410. The normalized spacial score (nSPS) is 46.7. The lowest BCUT2D eigenvalue weighted by Crippen LogP contribution is -2.47. The highest BCUT2D eigenvalue weighted by atomic mass is 16.7. The molecule has 0 aromatic carbocycles. The maximum absolute atomic E-state index is 11.8. The largest absolute Gasteiger partial charge is 0.359 e. The molecule has 3 nitrogen and oxygen atoms in total. The zero-order chi connectivity index (χ0) is 15.8. The molecule has 0 amide bonds. The minimum absolute atomic E-state index is 0.427. The lowest BCUT2D eigenvalue weighted by molar-refractivity contribution is -0.130. The van der Waals surface area contributed by atoms with Crippen molar-refractivity contribution in [2.75, 3.05) is 13.9 Å². The topological polar surface area (TPSA) is 35.5 Å². The number of carbonyl (C=O) groups excluding carboxylic acids is 1. The van der Waals surface area contributed by atoms with Gasteiger partial charge in [-0.25, -0.2) is 0 Å². The lowest BCUT2D eigenvalue weighted by atomic mass is 9.51. The lowest BCUT2D eigenvalue weighted by Gasteiger charge is -2.54. The molecule has 0 heterocycles. The molecule has 3 heteroatoms. The van der Waals surface area contributed by atoms with E-state index >= 15 is 0 Å². The minimum Gasteiger partial charge on any atom is -0.359 e. The van der Waals surface area contributed by atoms with Crippen LogP contribution in [0.5, 0.6) is 0 Å². The first kappa shape index (κ1) is 16.1. The van der Waals surface area contributed by atoms with Crippen LogP contribution in [0.3, 0.4) is 0 Å². The first-order valence-electron chi connectivity index (χ1n) is 9.88. The van der Waals surface area contributed by atoms with Crippen molar-refractivity contribution in [2.45, 2.75) is 70.3 Å². The predicted molar refractivity (Wildman–Crippen MR) is 88.9 cm³/mol. The number of fused-ring (bicyclic) bond motifs is 5. The van der Waals surface area contributed by atoms with Gasteiger partial charge in [0.05, 0.1) is 6.10 Å². The van der Waals surface area contributed by atoms with Gasteiger partial charge in [-0.2, -0.15) is 0 Å². The molecule has 7 atom stereocenters. The van der Waals surface area contributed by atoms with Crippen molar-refractivity contribution in [3.05, 3.63) is 0 Å². The average Bonchev–Trinajstić information content (AvgIpc) is 2.58. The van der Waals surface area contributed by atoms with Gasteiger partial charge in [0.1, 0.15) is 12.6 Å². The van der Waals surface area contributed by atoms with Crippen molar-refractivity contribution in [1.29, 1.82) is 0 Å². The summed E-state index contributed by atoms with van der Waals surface area (Å²) in [7, 11) is 1.71. The Labute approximate surface area is 140 Å². The SMILES string of the molecule is COCO[C@@H]1CC[C@H]2[C@H](CC[C@@H]3[C@@H]2CC[C@H]2CC(=O)CC[C@H]23)C1. The van der Waals surface area contributed by atoms with Crippen molar-refractivity contribution < 1.29 is 14.3 Å². The molecule has 130 valence electrons. The number of rotatable bonds is 3. The molecule has 0 bridgehead atoms. The van der Waals surface area contributed by atoms with Gasteiger partial charge in [-0.05, 0) is 86.9 Å². The van der Waals surface area contributed by atoms with Crippen molar-refractivity contribution in [3.63, 3.8) is 0 Å². The molecular weight excluding hydrogens is 288 g/mol. The first-order valence-corrected chi connectivity index (χ1v) is 9.88. The Kier molecular flexibility index (Phi) is 4.78. The molecular formula is C20H32O3. The van der Waals surface area contributed by atoms with E-state index in [1.165, 1.54) is 51.4 Å². The number of Topliss-reactive ketones (excluding diaryl/α,β-unsaturated/α-hetero) is 1. The molecule has 4 saturated carbocycles. The second-order valence-electron chi connectivity index (χ2n) is 8.62. The highest BCUT2D eigenvalue weighted by Crippen LogP contribution is 2.56. The zero-order valence-corrected chi connectivity index (χ0v) is 14.5. The third kappa shape index (κ3) is 3.11. The van der Waals surface area contributed by atoms with E-state index in [2.05, 4.69) is 0 Å². The maximum atomic E-state index is 11.8. The van der Waals surface area contributed by atoms with Crippen LogP contribution < -0.4 is 0 Å². The van der Waals surface area contributed by atoms with Gasteiger partial charge >= 0.3 is 0 Å². The van der Waals surface area contributed by atoms with Crippen LogP contribution in [-0.2, 0) is 14.3 Å². The van der Waals surface area contributed by atoms with E-state index < -0.39 is 0 Å². The van der Waals surface area contributed by atoms with Gasteiger partial charge < -0.3 is 9.47 Å². The summed E-state index contributed by atoms with van der Waals surface area (Å²) in [5.41, 5.74) is 0. The average molecular weight is 320 g/mol. The minimum atomic E-state index is 0.427. The Morgan fingerprint density at radius 3 is 2.35 bits per heavy atom. The molecule has 0 aliphatic heterocycles. The fourth-order valence-electron chi connectivity index (χ4n) is 6.75. The van der Waals surface area contributed by atoms with Crippen LogP contribution in [0, 0.1) is 35.5 Å². The van der Waals surface area contributed by atoms with E-state index in [1.54, 1.807) is 7.11 Å². The summed E-state index contributed by atoms with van der Waals surface area (Å²) in [6.45, 7) is 0.450. The third-order valence-electron chi connectivity index (χ3n) is 7.66. The predicted octanol–water partition coefficient (Wildman–Crippen LogP) is 4.20. The van der Waals surface area contributed by atoms with E-state index in [1.807, 2.05) is 0 Å². The third-order valence-corrected chi connectivity index (χ3v) is 7.66. The van der Waals surface area contributed by atoms with Crippen LogP contribution in [0.4, 0.5) is 0 Å². The Morgan fingerprint density at radius 2 is 1.57 bits per heavy atom. The van der Waals surface area contributed by atoms with Gasteiger partial charge in [-0.3, -0.25) is 4.79 Å². The van der Waals surface area contributed by atoms with Crippen molar-refractivity contribution in [2.24, 2.45) is 35.5 Å². The van der Waals surface area contributed by atoms with Crippen LogP contribution in [0.15, 0.2) is 0 Å². The van der Waals surface area contributed by atoms with Crippen LogP contribution in [-0.4, -0.2) is 25.8 Å². The van der Waals surface area contributed by atoms with Crippen molar-refractivity contribution in [1.82, 2.24) is 0 Å². The van der Waals surface area contributed by atoms with E-state index in [4.69, 9.17) is 9.47 Å². The second kappa shape index (κ2) is 6.84. The van der Waals surface area contributed by atoms with Crippen LogP contribution >= 0.6 is 0 Å². The Bertz CT molecular complexity index is 435. The summed E-state index contributed by atoms with van der Waals surface area (Å²) < 4.78 is 10.9. The van der Waals surface area contributed by atoms with Gasteiger partial charge in [0.25, 0.3) is 0 Å². The molecule has 0 spiro atoms. The maximum Gasteiger partial charge on any atom is 0.146 e. The number of hydrogen-bond donors (Lipinski definition) is 0. The van der Waals surface area contributed by atoms with Gasteiger partial charge in [0.2, 0.25) is 0 Å². The van der Waals surface area contributed by atoms with Crippen LogP contribution in [0.2, 0.25) is 0 Å². The summed E-state index contributed by atoms with van der Waals surface area (Å²) in [5, 5.41) is 0. The molecule has 0 saturated heterocycles. The second-order valence-corrected chi connectivity index (χ2v) is 8.62. The van der Waals surface area contributed by atoms with E-state index in [0.29, 0.717) is 18.7 Å². The number of ketones is 1. The monoisotopic (exact) mass is 320 g/mol. The van der Waals surface area contributed by atoms with Crippen LogP contribution in [0.1, 0.15) is 64.2 Å². The standard InChI is InChI=1S/C20H32O3/c1-22-12-23-16-5-9-18-14(11-16)3-7-19-17-8-4-15(21)10-13(17)2-6-20(18)19/h13-14,16-20H,2-12H2,1H3/t13-,14+,16+,17+,18-,19-,20+/m0/s1. The first-order chi connectivity index (χ1) is 11.3. The Morgan fingerprint density at radius 1 is 0.870 bits per heavy atom. The van der Waals surface area contributed by atoms with Crippen molar-refractivity contribution >= 4 is 5.78 Å². The van der Waals surface area contributed by atoms with E-state index in [9.17, 15) is 4.79 Å². The van der Waals surface area contributed by atoms with Crippen LogP contribution in [0.25, 0.3) is 0 Å². The quantitative estimate of drug-likeness (QED) is 0.731. The number of methoxy groups -OCH3 is 1. The smallest absolute Gasteiger partial charge is 0.146 e. The van der Waals surface area contributed by atoms with Gasteiger partial charge in [0.15, 0.2) is 0 Å².